The van der Waals surface area contributed by atoms with Crippen LogP contribution in [0.5, 0.6) is 11.5 Å². The molecule has 37 heavy (non-hydrogen) atoms. The molecule has 2 fully saturated rings. The first-order valence-electron chi connectivity index (χ1n) is 11.6. The van der Waals surface area contributed by atoms with Gasteiger partial charge in [-0.15, -0.1) is 0 Å². The topological polar surface area (TPSA) is 110 Å². The number of nitrogens with zero attached hydrogens (tertiary/aromatic N) is 2. The Kier molecular flexibility index (Phi) is 8.49. The molecule has 2 aliphatic heterocycles. The third-order valence-electron chi connectivity index (χ3n) is 5.76. The van der Waals surface area contributed by atoms with Gasteiger partial charge in [0.25, 0.3) is 11.1 Å². The minimum absolute atomic E-state index is 0.0116. The Hall–Kier alpha value is -2.58. The number of ether oxygens (including phenoxy) is 1. The lowest BCUT2D eigenvalue weighted by Crippen LogP contribution is -2.40. The molecule has 2 aromatic carbocycles. The minimum Gasteiger partial charge on any atom is -0.490 e. The number of hydrogen-bond acceptors (Lipinski definition) is 8. The number of amides is 3. The van der Waals surface area contributed by atoms with E-state index in [-0.39, 0.29) is 40.4 Å². The zero-order valence-electron chi connectivity index (χ0n) is 20.2. The SMILES string of the molecule is CCOc1cc(/C=C2\SC(=O)N(CC(=O)N3CCCC3)C2=O)cc(I)c1OS(=O)(=O)c1ccc(C)cc1. The van der Waals surface area contributed by atoms with Crippen LogP contribution >= 0.6 is 34.4 Å². The van der Waals surface area contributed by atoms with Crippen molar-refractivity contribution < 1.29 is 31.7 Å². The summed E-state index contributed by atoms with van der Waals surface area (Å²) in [7, 11) is -4.12. The average Bonchev–Trinajstić information content (AvgIpc) is 3.47. The fourth-order valence-electron chi connectivity index (χ4n) is 3.87. The Bertz CT molecular complexity index is 1370. The monoisotopic (exact) mass is 656 g/mol. The third kappa shape index (κ3) is 6.29. The number of carbonyl (C=O) groups excluding carboxylic acids is 3. The predicted molar refractivity (Wildman–Crippen MR) is 148 cm³/mol. The van der Waals surface area contributed by atoms with Crippen molar-refractivity contribution in [2.45, 2.75) is 31.6 Å². The standard InChI is InChI=1S/C25H25IN2O7S2/c1-3-34-20-13-17(12-19(26)23(20)35-37(32,33)18-8-6-16(2)7-9-18)14-21-24(30)28(25(31)36-21)15-22(29)27-10-4-5-11-27/h6-9,12-14H,3-5,10-11,15H2,1-2H3/b21-14-. The molecule has 0 radical (unpaired) electrons. The highest BCUT2D eigenvalue weighted by Gasteiger charge is 2.37. The molecular weight excluding hydrogens is 631 g/mol. The van der Waals surface area contributed by atoms with Crippen LogP contribution in [0.25, 0.3) is 6.08 Å². The highest BCUT2D eigenvalue weighted by Crippen LogP contribution is 2.39. The van der Waals surface area contributed by atoms with Crippen molar-refractivity contribution in [1.29, 1.82) is 0 Å². The zero-order chi connectivity index (χ0) is 26.7. The second kappa shape index (κ2) is 11.4. The van der Waals surface area contributed by atoms with Crippen LogP contribution in [0.2, 0.25) is 0 Å². The van der Waals surface area contributed by atoms with E-state index in [4.69, 9.17) is 8.92 Å². The Morgan fingerprint density at radius 3 is 2.46 bits per heavy atom. The summed E-state index contributed by atoms with van der Waals surface area (Å²) in [6.45, 7) is 4.84. The van der Waals surface area contributed by atoms with Gasteiger partial charge in [-0.2, -0.15) is 8.42 Å². The maximum absolute atomic E-state index is 12.9. The summed E-state index contributed by atoms with van der Waals surface area (Å²) in [6.07, 6.45) is 3.36. The quantitative estimate of drug-likeness (QED) is 0.234. The summed E-state index contributed by atoms with van der Waals surface area (Å²) in [5.41, 5.74) is 1.43. The van der Waals surface area contributed by atoms with E-state index in [1.807, 2.05) is 29.5 Å². The van der Waals surface area contributed by atoms with E-state index in [9.17, 15) is 22.8 Å². The van der Waals surface area contributed by atoms with Crippen LogP contribution in [0.1, 0.15) is 30.9 Å². The molecule has 2 saturated heterocycles. The molecule has 0 N–H and O–H groups in total. The van der Waals surface area contributed by atoms with Gasteiger partial charge in [0.1, 0.15) is 11.4 Å². The van der Waals surface area contributed by atoms with Gasteiger partial charge >= 0.3 is 10.1 Å². The molecule has 2 aliphatic rings. The molecule has 2 heterocycles. The number of benzene rings is 2. The van der Waals surface area contributed by atoms with Gasteiger partial charge in [0.15, 0.2) is 11.5 Å². The van der Waals surface area contributed by atoms with Crippen molar-refractivity contribution in [1.82, 2.24) is 9.80 Å². The summed E-state index contributed by atoms with van der Waals surface area (Å²) in [5.74, 6) is -0.576. The van der Waals surface area contributed by atoms with Crippen molar-refractivity contribution >= 4 is 67.6 Å². The van der Waals surface area contributed by atoms with Crippen molar-refractivity contribution in [3.05, 3.63) is 56.0 Å². The maximum atomic E-state index is 12.9. The van der Waals surface area contributed by atoms with E-state index in [1.165, 1.54) is 18.2 Å². The van der Waals surface area contributed by atoms with Crippen LogP contribution in [0.15, 0.2) is 46.2 Å². The van der Waals surface area contributed by atoms with Crippen LogP contribution in [-0.4, -0.2) is 61.5 Å². The summed E-state index contributed by atoms with van der Waals surface area (Å²) < 4.78 is 37.3. The van der Waals surface area contributed by atoms with Gasteiger partial charge in [0, 0.05) is 13.1 Å². The van der Waals surface area contributed by atoms with Gasteiger partial charge in [-0.1, -0.05) is 17.7 Å². The van der Waals surface area contributed by atoms with Crippen LogP contribution in [-0.2, 0) is 19.7 Å². The van der Waals surface area contributed by atoms with Crippen molar-refractivity contribution in [2.75, 3.05) is 26.2 Å². The van der Waals surface area contributed by atoms with E-state index >= 15 is 0 Å². The number of imide groups is 1. The summed E-state index contributed by atoms with van der Waals surface area (Å²) in [5, 5.41) is -0.507. The normalized spacial score (nSPS) is 17.1. The van der Waals surface area contributed by atoms with Gasteiger partial charge in [0.05, 0.1) is 15.1 Å². The third-order valence-corrected chi connectivity index (χ3v) is 8.70. The first-order valence-corrected chi connectivity index (χ1v) is 14.9. The molecule has 0 saturated carbocycles. The molecule has 0 aliphatic carbocycles. The Labute approximate surface area is 233 Å². The fourth-order valence-corrected chi connectivity index (χ4v) is 6.55. The number of aryl methyl sites for hydroxylation is 1. The molecule has 4 rings (SSSR count). The highest BCUT2D eigenvalue weighted by atomic mass is 127. The Balaban J connectivity index is 1.58. The first-order chi connectivity index (χ1) is 17.6. The molecule has 2 aromatic rings. The average molecular weight is 657 g/mol. The summed E-state index contributed by atoms with van der Waals surface area (Å²) in [6, 6.07) is 9.48. The van der Waals surface area contributed by atoms with Crippen molar-refractivity contribution in [2.24, 2.45) is 0 Å². The second-order valence-electron chi connectivity index (χ2n) is 8.47. The van der Waals surface area contributed by atoms with Gasteiger partial charge in [-0.05, 0) is 96.9 Å². The highest BCUT2D eigenvalue weighted by molar-refractivity contribution is 14.1. The van der Waals surface area contributed by atoms with Crippen LogP contribution in [0.4, 0.5) is 4.79 Å². The van der Waals surface area contributed by atoms with E-state index in [1.54, 1.807) is 36.1 Å². The smallest absolute Gasteiger partial charge is 0.339 e. The van der Waals surface area contributed by atoms with Crippen molar-refractivity contribution in [3.63, 3.8) is 0 Å². The maximum Gasteiger partial charge on any atom is 0.339 e. The van der Waals surface area contributed by atoms with Gasteiger partial charge in [0.2, 0.25) is 5.91 Å². The summed E-state index contributed by atoms with van der Waals surface area (Å²) >= 11 is 2.69. The Morgan fingerprint density at radius 2 is 1.81 bits per heavy atom. The molecule has 0 bridgehead atoms. The molecule has 12 heteroatoms. The molecule has 196 valence electrons. The van der Waals surface area contributed by atoms with Crippen molar-refractivity contribution in [3.8, 4) is 11.5 Å². The zero-order valence-corrected chi connectivity index (χ0v) is 24.0. The van der Waals surface area contributed by atoms with E-state index in [2.05, 4.69) is 0 Å². The van der Waals surface area contributed by atoms with Crippen LogP contribution in [0.3, 0.4) is 0 Å². The molecule has 0 aromatic heterocycles. The molecule has 3 amide bonds. The minimum atomic E-state index is -4.12. The second-order valence-corrected chi connectivity index (χ2v) is 12.2. The molecule has 0 unspecified atom stereocenters. The van der Waals surface area contributed by atoms with E-state index in [0.717, 1.165) is 35.1 Å². The number of hydrogen-bond donors (Lipinski definition) is 0. The molecule has 0 spiro atoms. The van der Waals surface area contributed by atoms with Crippen LogP contribution < -0.4 is 8.92 Å². The van der Waals surface area contributed by atoms with Crippen LogP contribution in [0, 0.1) is 10.5 Å². The molecular formula is C25H25IN2O7S2. The molecule has 0 atom stereocenters. The Morgan fingerprint density at radius 1 is 1.14 bits per heavy atom. The van der Waals surface area contributed by atoms with Gasteiger partial charge < -0.3 is 13.8 Å². The van der Waals surface area contributed by atoms with E-state index < -0.39 is 21.3 Å². The van der Waals surface area contributed by atoms with E-state index in [0.29, 0.717) is 22.2 Å². The number of rotatable bonds is 8. The van der Waals surface area contributed by atoms with Gasteiger partial charge in [-0.3, -0.25) is 19.3 Å². The molecule has 9 nitrogen and oxygen atoms in total. The fraction of sp³-hybridized carbons (Fsp3) is 0.320. The largest absolute Gasteiger partial charge is 0.490 e. The lowest BCUT2D eigenvalue weighted by molar-refractivity contribution is -0.135. The first kappa shape index (κ1) is 27.5. The summed E-state index contributed by atoms with van der Waals surface area (Å²) in [4.78, 5) is 40.6. The number of carbonyl (C=O) groups is 3. The lowest BCUT2D eigenvalue weighted by atomic mass is 10.2. The number of thioether (sulfide) groups is 1. The number of likely N-dealkylation sites (tertiary alicyclic amines) is 1. The lowest BCUT2D eigenvalue weighted by Gasteiger charge is -2.18. The number of halogens is 1. The predicted octanol–water partition coefficient (Wildman–Crippen LogP) is 4.42. The van der Waals surface area contributed by atoms with Gasteiger partial charge in [-0.25, -0.2) is 0 Å².